The average Bonchev–Trinajstić information content (AvgIpc) is 2.51. The van der Waals surface area contributed by atoms with E-state index >= 15 is 0 Å². The van der Waals surface area contributed by atoms with Crippen LogP contribution < -0.4 is 5.32 Å². The van der Waals surface area contributed by atoms with Crippen LogP contribution in [0.4, 0.5) is 0 Å². The van der Waals surface area contributed by atoms with E-state index in [0.29, 0.717) is 19.8 Å². The van der Waals surface area contributed by atoms with Crippen LogP contribution in [-0.2, 0) is 19.5 Å². The van der Waals surface area contributed by atoms with E-state index in [1.54, 1.807) is 0 Å². The van der Waals surface area contributed by atoms with Crippen molar-refractivity contribution in [3.63, 3.8) is 0 Å². The first-order valence-corrected chi connectivity index (χ1v) is 19.6. The molecule has 0 fully saturated rings. The molecule has 0 radical (unpaired) electrons. The van der Waals surface area contributed by atoms with Gasteiger partial charge in [0.15, 0.2) is 16.6 Å². The van der Waals surface area contributed by atoms with E-state index in [9.17, 15) is 5.11 Å². The topological polar surface area (TPSA) is 60.0 Å². The number of rotatable bonds is 14. The second-order valence-electron chi connectivity index (χ2n) is 9.51. The Balaban J connectivity index is 2.26. The molecule has 1 aromatic rings. The van der Waals surface area contributed by atoms with Crippen molar-refractivity contribution in [2.45, 2.75) is 70.9 Å². The maximum atomic E-state index is 10.1. The van der Waals surface area contributed by atoms with Gasteiger partial charge in [-0.05, 0) is 63.9 Å². The summed E-state index contributed by atoms with van der Waals surface area (Å²) in [7, 11) is -5.49. The Kier molecular flexibility index (Phi) is 10.8. The zero-order valence-electron chi connectivity index (χ0n) is 18.9. The van der Waals surface area contributed by atoms with Crippen LogP contribution in [0.2, 0.25) is 51.9 Å². The van der Waals surface area contributed by atoms with E-state index in [4.69, 9.17) is 13.0 Å². The van der Waals surface area contributed by atoms with Crippen LogP contribution >= 0.6 is 0 Å². The molecule has 1 rings (SSSR count). The van der Waals surface area contributed by atoms with Gasteiger partial charge in [-0.1, -0.05) is 30.3 Å². The van der Waals surface area contributed by atoms with Crippen molar-refractivity contribution in [3.05, 3.63) is 35.9 Å². The second-order valence-corrected chi connectivity index (χ2v) is 22.4. The molecule has 0 aliphatic heterocycles. The van der Waals surface area contributed by atoms with Crippen molar-refractivity contribution in [1.82, 2.24) is 5.32 Å². The molecule has 0 spiro atoms. The molecule has 5 nitrogen and oxygen atoms in total. The highest BCUT2D eigenvalue weighted by Crippen LogP contribution is 2.25. The molecule has 0 heterocycles. The highest BCUT2D eigenvalue weighted by Gasteiger charge is 2.39. The Morgan fingerprint density at radius 1 is 0.929 bits per heavy atom. The summed E-state index contributed by atoms with van der Waals surface area (Å²) in [4.78, 5) is 0. The van der Waals surface area contributed by atoms with Crippen molar-refractivity contribution < 1.29 is 18.1 Å². The first kappa shape index (κ1) is 25.7. The standard InChI is InChI=1S/C20H41NO4Si3/c1-26(2,3)24-28(7,25-27(4,5)6)15-11-14-23-18-20(22)17-21-16-19-12-9-8-10-13-19/h8-10,12-13,20-22H,11,14-18H2,1-7H3. The smallest absolute Gasteiger partial charge is 0.314 e. The van der Waals surface area contributed by atoms with Gasteiger partial charge in [0.05, 0.1) is 12.7 Å². The molecule has 0 saturated heterocycles. The molecule has 0 amide bonds. The molecule has 162 valence electrons. The third-order valence-electron chi connectivity index (χ3n) is 3.83. The minimum absolute atomic E-state index is 0.351. The first-order chi connectivity index (χ1) is 12.9. The van der Waals surface area contributed by atoms with Gasteiger partial charge >= 0.3 is 8.56 Å². The van der Waals surface area contributed by atoms with E-state index in [1.807, 2.05) is 18.2 Å². The van der Waals surface area contributed by atoms with Crippen LogP contribution in [0.3, 0.4) is 0 Å². The lowest BCUT2D eigenvalue weighted by molar-refractivity contribution is 0.0368. The Morgan fingerprint density at radius 2 is 1.50 bits per heavy atom. The molecule has 0 aliphatic rings. The number of nitrogens with one attached hydrogen (secondary N) is 1. The molecule has 28 heavy (non-hydrogen) atoms. The van der Waals surface area contributed by atoms with Gasteiger partial charge in [0.1, 0.15) is 0 Å². The Labute approximate surface area is 175 Å². The van der Waals surface area contributed by atoms with Crippen LogP contribution in [0.1, 0.15) is 12.0 Å². The quantitative estimate of drug-likeness (QED) is 0.331. The Morgan fingerprint density at radius 3 is 2.04 bits per heavy atom. The van der Waals surface area contributed by atoms with E-state index in [1.165, 1.54) is 5.56 Å². The van der Waals surface area contributed by atoms with Gasteiger partial charge < -0.3 is 23.4 Å². The highest BCUT2D eigenvalue weighted by atomic mass is 28.5. The number of aliphatic hydroxyl groups excluding tert-OH is 1. The zero-order valence-corrected chi connectivity index (χ0v) is 21.9. The summed E-state index contributed by atoms with van der Waals surface area (Å²) >= 11 is 0. The van der Waals surface area contributed by atoms with Crippen LogP contribution in [0, 0.1) is 0 Å². The summed E-state index contributed by atoms with van der Waals surface area (Å²) in [6.07, 6.45) is 0.408. The molecular formula is C20H41NO4Si3. The van der Waals surface area contributed by atoms with Crippen LogP contribution in [-0.4, -0.2) is 56.2 Å². The van der Waals surface area contributed by atoms with Gasteiger partial charge in [0, 0.05) is 19.7 Å². The minimum atomic E-state index is -2.19. The largest absolute Gasteiger partial charge is 0.437 e. The fourth-order valence-corrected chi connectivity index (χ4v) is 15.7. The van der Waals surface area contributed by atoms with Gasteiger partial charge in [0.2, 0.25) is 0 Å². The molecular weight excluding hydrogens is 402 g/mol. The number of hydrogen-bond acceptors (Lipinski definition) is 5. The monoisotopic (exact) mass is 443 g/mol. The maximum Gasteiger partial charge on any atom is 0.314 e. The van der Waals surface area contributed by atoms with E-state index in [0.717, 1.165) is 19.0 Å². The molecule has 0 saturated carbocycles. The summed E-state index contributed by atoms with van der Waals surface area (Å²) in [6.45, 7) is 17.8. The molecule has 1 unspecified atom stereocenters. The van der Waals surface area contributed by atoms with Crippen molar-refractivity contribution in [2.75, 3.05) is 19.8 Å². The van der Waals surface area contributed by atoms with Crippen molar-refractivity contribution in [3.8, 4) is 0 Å². The lowest BCUT2D eigenvalue weighted by Crippen LogP contribution is -2.52. The Hall–Kier alpha value is -0.329. The van der Waals surface area contributed by atoms with Crippen molar-refractivity contribution >= 4 is 25.2 Å². The van der Waals surface area contributed by atoms with E-state index in [2.05, 4.69) is 63.3 Å². The molecule has 1 aromatic carbocycles. The lowest BCUT2D eigenvalue weighted by Gasteiger charge is -2.38. The number of hydrogen-bond donors (Lipinski definition) is 2. The summed E-state index contributed by atoms with van der Waals surface area (Å²) in [6, 6.07) is 11.1. The van der Waals surface area contributed by atoms with E-state index in [-0.39, 0.29) is 0 Å². The first-order valence-electron chi connectivity index (χ1n) is 10.3. The third-order valence-corrected chi connectivity index (χ3v) is 13.4. The van der Waals surface area contributed by atoms with Crippen LogP contribution in [0.25, 0.3) is 0 Å². The second kappa shape index (κ2) is 11.8. The zero-order chi connectivity index (χ0) is 21.3. The fraction of sp³-hybridized carbons (Fsp3) is 0.700. The number of ether oxygens (including phenoxy) is 1. The van der Waals surface area contributed by atoms with Crippen molar-refractivity contribution in [2.24, 2.45) is 0 Å². The van der Waals surface area contributed by atoms with Crippen molar-refractivity contribution in [1.29, 1.82) is 0 Å². The van der Waals surface area contributed by atoms with Gasteiger partial charge in [-0.15, -0.1) is 0 Å². The predicted molar refractivity (Wildman–Crippen MR) is 125 cm³/mol. The summed E-state index contributed by atoms with van der Waals surface area (Å²) in [5, 5.41) is 13.3. The Bertz CT molecular complexity index is 531. The normalized spacial score (nSPS) is 14.3. The van der Waals surface area contributed by atoms with Gasteiger partial charge in [-0.2, -0.15) is 0 Å². The van der Waals surface area contributed by atoms with Gasteiger partial charge in [0.25, 0.3) is 0 Å². The summed E-state index contributed by atoms with van der Waals surface area (Å²) < 4.78 is 18.7. The van der Waals surface area contributed by atoms with Crippen LogP contribution in [0.15, 0.2) is 30.3 Å². The molecule has 0 aromatic heterocycles. The third kappa shape index (κ3) is 13.0. The fourth-order valence-electron chi connectivity index (χ4n) is 3.17. The molecule has 2 N–H and O–H groups in total. The molecule has 0 bridgehead atoms. The highest BCUT2D eigenvalue weighted by molar-refractivity contribution is 6.87. The summed E-state index contributed by atoms with van der Waals surface area (Å²) in [5.74, 6) is 0. The molecule has 8 heteroatoms. The van der Waals surface area contributed by atoms with Crippen LogP contribution in [0.5, 0.6) is 0 Å². The lowest BCUT2D eigenvalue weighted by atomic mass is 10.2. The molecule has 1 atom stereocenters. The maximum absolute atomic E-state index is 10.1. The minimum Gasteiger partial charge on any atom is -0.437 e. The van der Waals surface area contributed by atoms with Gasteiger partial charge in [-0.25, -0.2) is 0 Å². The van der Waals surface area contributed by atoms with E-state index < -0.39 is 31.3 Å². The summed E-state index contributed by atoms with van der Waals surface area (Å²) in [5.41, 5.74) is 1.21. The molecule has 0 aliphatic carbocycles. The predicted octanol–water partition coefficient (Wildman–Crippen LogP) is 4.32. The average molecular weight is 444 g/mol. The number of aliphatic hydroxyl groups is 1. The SMILES string of the molecule is C[Si](C)(C)O[Si](C)(CCCOCC(O)CNCc1ccccc1)O[Si](C)(C)C. The number of benzene rings is 1. The van der Waals surface area contributed by atoms with Gasteiger partial charge in [-0.3, -0.25) is 0 Å².